The number of imidazole rings is 1. The van der Waals surface area contributed by atoms with Gasteiger partial charge in [-0.1, -0.05) is 0 Å². The highest BCUT2D eigenvalue weighted by Gasteiger charge is 2.16. The van der Waals surface area contributed by atoms with Crippen molar-refractivity contribution in [3.05, 3.63) is 47.5 Å². The summed E-state index contributed by atoms with van der Waals surface area (Å²) in [6.45, 7) is 2.37. The lowest BCUT2D eigenvalue weighted by Crippen LogP contribution is -2.18. The first-order chi connectivity index (χ1) is 10.1. The topological polar surface area (TPSA) is 59.0 Å². The van der Waals surface area contributed by atoms with Crippen LogP contribution in [0.4, 0.5) is 14.5 Å². The van der Waals surface area contributed by atoms with E-state index in [1.54, 1.807) is 6.20 Å². The maximum Gasteiger partial charge on any atom is 0.275 e. The van der Waals surface area contributed by atoms with E-state index < -0.39 is 17.5 Å². The Labute approximate surface area is 132 Å². The summed E-state index contributed by atoms with van der Waals surface area (Å²) in [6.07, 6.45) is 2.40. The van der Waals surface area contributed by atoms with Crippen molar-refractivity contribution in [2.24, 2.45) is 0 Å². The van der Waals surface area contributed by atoms with E-state index in [9.17, 15) is 13.6 Å². The molecule has 1 aliphatic heterocycles. The molecular formula is C14H15ClF2N4O. The van der Waals surface area contributed by atoms with Crippen LogP contribution in [0.25, 0.3) is 0 Å². The fourth-order valence-electron chi connectivity index (χ4n) is 2.30. The summed E-state index contributed by atoms with van der Waals surface area (Å²) in [4.78, 5) is 16.4. The first kappa shape index (κ1) is 16.4. The minimum absolute atomic E-state index is 0. The monoisotopic (exact) mass is 328 g/mol. The number of rotatable bonds is 2. The molecule has 1 amide bonds. The van der Waals surface area contributed by atoms with Gasteiger partial charge < -0.3 is 15.2 Å². The standard InChI is InChI=1S/C14H14F2N4O.ClH/c15-9-5-10(16)7-11(6-9)18-14(21)12-8-20-4-3-17-2-1-13(20)19-12;/h5-8,17H,1-4H2,(H,18,21);1H. The van der Waals surface area contributed by atoms with Gasteiger partial charge in [-0.2, -0.15) is 0 Å². The third-order valence-corrected chi connectivity index (χ3v) is 3.27. The van der Waals surface area contributed by atoms with Crippen LogP contribution in [0.15, 0.2) is 24.4 Å². The molecule has 2 N–H and O–H groups in total. The van der Waals surface area contributed by atoms with Crippen LogP contribution in [0, 0.1) is 11.6 Å². The summed E-state index contributed by atoms with van der Waals surface area (Å²) < 4.78 is 28.1. The van der Waals surface area contributed by atoms with Crippen molar-refractivity contribution in [3.8, 4) is 0 Å². The molecule has 2 heterocycles. The predicted octanol–water partition coefficient (Wildman–Crippen LogP) is 1.98. The molecule has 8 heteroatoms. The fourth-order valence-corrected chi connectivity index (χ4v) is 2.30. The number of halogens is 3. The van der Waals surface area contributed by atoms with Gasteiger partial charge in [0, 0.05) is 44.0 Å². The van der Waals surface area contributed by atoms with Crippen molar-refractivity contribution in [2.75, 3.05) is 18.4 Å². The van der Waals surface area contributed by atoms with Gasteiger partial charge in [0.05, 0.1) is 0 Å². The fraction of sp³-hybridized carbons (Fsp3) is 0.286. The molecule has 0 unspecified atom stereocenters. The number of nitrogens with one attached hydrogen (secondary N) is 2. The molecule has 0 radical (unpaired) electrons. The summed E-state index contributed by atoms with van der Waals surface area (Å²) in [5.74, 6) is -1.13. The third-order valence-electron chi connectivity index (χ3n) is 3.27. The second-order valence-corrected chi connectivity index (χ2v) is 4.85. The summed E-state index contributed by atoms with van der Waals surface area (Å²) in [5.41, 5.74) is 0.318. The van der Waals surface area contributed by atoms with Crippen LogP contribution < -0.4 is 10.6 Å². The molecule has 1 aromatic carbocycles. The van der Waals surface area contributed by atoms with Crippen molar-refractivity contribution >= 4 is 24.0 Å². The normalized spacial score (nSPS) is 13.7. The van der Waals surface area contributed by atoms with Gasteiger partial charge in [0.25, 0.3) is 5.91 Å². The van der Waals surface area contributed by atoms with Gasteiger partial charge in [-0.3, -0.25) is 4.79 Å². The molecule has 5 nitrogen and oxygen atoms in total. The Kier molecular flexibility index (Phi) is 5.10. The molecule has 118 valence electrons. The summed E-state index contributed by atoms with van der Waals surface area (Å²) in [7, 11) is 0. The third kappa shape index (κ3) is 3.61. The van der Waals surface area contributed by atoms with Gasteiger partial charge in [-0.25, -0.2) is 13.8 Å². The van der Waals surface area contributed by atoms with Crippen LogP contribution in [-0.2, 0) is 13.0 Å². The van der Waals surface area contributed by atoms with E-state index >= 15 is 0 Å². The maximum atomic E-state index is 13.1. The highest BCUT2D eigenvalue weighted by Crippen LogP contribution is 2.14. The number of amides is 1. The number of benzene rings is 1. The van der Waals surface area contributed by atoms with E-state index in [0.717, 1.165) is 50.1 Å². The largest absolute Gasteiger partial charge is 0.333 e. The van der Waals surface area contributed by atoms with E-state index in [4.69, 9.17) is 0 Å². The second-order valence-electron chi connectivity index (χ2n) is 4.85. The second kappa shape index (κ2) is 6.85. The van der Waals surface area contributed by atoms with Crippen LogP contribution in [-0.4, -0.2) is 28.5 Å². The first-order valence-corrected chi connectivity index (χ1v) is 6.66. The SMILES string of the molecule is Cl.O=C(Nc1cc(F)cc(F)c1)c1cn2c(n1)CCNCC2. The average molecular weight is 329 g/mol. The highest BCUT2D eigenvalue weighted by atomic mass is 35.5. The summed E-state index contributed by atoms with van der Waals surface area (Å²) in [5, 5.41) is 5.69. The molecule has 1 aromatic heterocycles. The molecule has 3 rings (SSSR count). The van der Waals surface area contributed by atoms with Crippen molar-refractivity contribution < 1.29 is 13.6 Å². The zero-order chi connectivity index (χ0) is 14.8. The van der Waals surface area contributed by atoms with Crippen molar-refractivity contribution in [2.45, 2.75) is 13.0 Å². The number of hydrogen-bond acceptors (Lipinski definition) is 3. The van der Waals surface area contributed by atoms with Gasteiger partial charge in [-0.15, -0.1) is 12.4 Å². The summed E-state index contributed by atoms with van der Waals surface area (Å²) in [6, 6.07) is 2.87. The quantitative estimate of drug-likeness (QED) is 0.886. The molecular weight excluding hydrogens is 314 g/mol. The number of nitrogens with zero attached hydrogens (tertiary/aromatic N) is 2. The lowest BCUT2D eigenvalue weighted by molar-refractivity contribution is 0.102. The Balaban J connectivity index is 0.00000176. The number of fused-ring (bicyclic) bond motifs is 1. The number of carbonyl (C=O) groups excluding carboxylic acids is 1. The van der Waals surface area contributed by atoms with E-state index in [2.05, 4.69) is 15.6 Å². The van der Waals surface area contributed by atoms with E-state index in [0.29, 0.717) is 0 Å². The Morgan fingerprint density at radius 3 is 2.68 bits per heavy atom. The molecule has 0 saturated heterocycles. The van der Waals surface area contributed by atoms with Gasteiger partial charge >= 0.3 is 0 Å². The van der Waals surface area contributed by atoms with Crippen molar-refractivity contribution in [3.63, 3.8) is 0 Å². The van der Waals surface area contributed by atoms with Crippen LogP contribution in [0.3, 0.4) is 0 Å². The predicted molar refractivity (Wildman–Crippen MR) is 80.4 cm³/mol. The van der Waals surface area contributed by atoms with Crippen LogP contribution in [0.5, 0.6) is 0 Å². The van der Waals surface area contributed by atoms with Crippen molar-refractivity contribution in [1.29, 1.82) is 0 Å². The van der Waals surface area contributed by atoms with E-state index in [1.807, 2.05) is 4.57 Å². The molecule has 2 aromatic rings. The van der Waals surface area contributed by atoms with Crippen LogP contribution >= 0.6 is 12.4 Å². The molecule has 22 heavy (non-hydrogen) atoms. The van der Waals surface area contributed by atoms with Gasteiger partial charge in [-0.05, 0) is 12.1 Å². The van der Waals surface area contributed by atoms with Gasteiger partial charge in [0.2, 0.25) is 0 Å². The molecule has 0 atom stereocenters. The minimum atomic E-state index is -0.739. The molecule has 0 saturated carbocycles. The minimum Gasteiger partial charge on any atom is -0.333 e. The van der Waals surface area contributed by atoms with Crippen molar-refractivity contribution in [1.82, 2.24) is 14.9 Å². The number of aromatic nitrogens is 2. The Morgan fingerprint density at radius 2 is 1.95 bits per heavy atom. The number of carbonyl (C=O) groups is 1. The van der Waals surface area contributed by atoms with E-state index in [1.165, 1.54) is 0 Å². The zero-order valence-electron chi connectivity index (χ0n) is 11.6. The van der Waals surface area contributed by atoms with E-state index in [-0.39, 0.29) is 23.8 Å². The van der Waals surface area contributed by atoms with Gasteiger partial charge in [0.1, 0.15) is 23.2 Å². The van der Waals surface area contributed by atoms with Crippen LogP contribution in [0.2, 0.25) is 0 Å². The number of hydrogen-bond donors (Lipinski definition) is 2. The average Bonchev–Trinajstić information content (AvgIpc) is 2.69. The Hall–Kier alpha value is -1.99. The lowest BCUT2D eigenvalue weighted by atomic mass is 10.3. The smallest absolute Gasteiger partial charge is 0.275 e. The lowest BCUT2D eigenvalue weighted by Gasteiger charge is -2.03. The zero-order valence-corrected chi connectivity index (χ0v) is 12.4. The summed E-state index contributed by atoms with van der Waals surface area (Å²) >= 11 is 0. The Bertz CT molecular complexity index is 646. The van der Waals surface area contributed by atoms with Gasteiger partial charge in [0.15, 0.2) is 0 Å². The Morgan fingerprint density at radius 1 is 1.23 bits per heavy atom. The molecule has 0 aliphatic carbocycles. The molecule has 0 fully saturated rings. The molecule has 0 bridgehead atoms. The molecule has 1 aliphatic rings. The number of anilines is 1. The highest BCUT2D eigenvalue weighted by molar-refractivity contribution is 6.02. The first-order valence-electron chi connectivity index (χ1n) is 6.66. The molecule has 0 spiro atoms. The maximum absolute atomic E-state index is 13.1. The van der Waals surface area contributed by atoms with Crippen LogP contribution in [0.1, 0.15) is 16.3 Å².